The highest BCUT2D eigenvalue weighted by Crippen LogP contribution is 2.45. The van der Waals surface area contributed by atoms with E-state index in [1.165, 1.54) is 16.6 Å². The number of benzene rings is 3. The summed E-state index contributed by atoms with van der Waals surface area (Å²) in [6.07, 6.45) is 3.99. The Morgan fingerprint density at radius 3 is 2.54 bits per heavy atom. The first-order valence-corrected chi connectivity index (χ1v) is 17.9. The van der Waals surface area contributed by atoms with Crippen molar-refractivity contribution in [2.45, 2.75) is 58.2 Å². The SMILES string of the molecule is CCC(C)(C)[C@@H]1CCc2c(sc(NC(=O)CSc3nnc(COc4ccccc4-c4ccccc4)n3-c3ccccc3OC)c2C#N)C1. The van der Waals surface area contributed by atoms with Crippen LogP contribution in [0.1, 0.15) is 55.4 Å². The summed E-state index contributed by atoms with van der Waals surface area (Å²) >= 11 is 2.82. The standard InChI is InChI=1S/C38H39N5O3S2/c1-5-38(2,3)26-19-20-28-29(22-39)36(48-33(28)21-26)40-35(44)24-47-37-42-41-34(43(37)30-16-10-12-18-32(30)45-4)23-46-31-17-11-9-15-27(31)25-13-7-6-8-14-25/h6-18,26H,5,19-21,23-24H2,1-4H3,(H,40,44)/t26-/m1/s1. The van der Waals surface area contributed by atoms with Gasteiger partial charge < -0.3 is 14.8 Å². The van der Waals surface area contributed by atoms with Crippen LogP contribution in [-0.4, -0.2) is 33.5 Å². The number of hydrogen-bond donors (Lipinski definition) is 1. The van der Waals surface area contributed by atoms with Crippen LogP contribution >= 0.6 is 23.1 Å². The molecule has 2 aromatic heterocycles. The van der Waals surface area contributed by atoms with E-state index in [1.807, 2.05) is 83.4 Å². The van der Waals surface area contributed by atoms with E-state index >= 15 is 0 Å². The molecule has 0 fully saturated rings. The molecule has 48 heavy (non-hydrogen) atoms. The summed E-state index contributed by atoms with van der Waals surface area (Å²) in [5, 5.41) is 23.2. The van der Waals surface area contributed by atoms with E-state index in [-0.39, 0.29) is 23.7 Å². The molecular weight excluding hydrogens is 639 g/mol. The minimum absolute atomic E-state index is 0.0872. The third-order valence-electron chi connectivity index (χ3n) is 9.33. The molecule has 2 heterocycles. The number of hydrogen-bond acceptors (Lipinski definition) is 8. The average molecular weight is 678 g/mol. The molecule has 1 N–H and O–H groups in total. The molecule has 5 aromatic rings. The second kappa shape index (κ2) is 14.7. The molecule has 6 rings (SSSR count). The van der Waals surface area contributed by atoms with E-state index in [1.54, 1.807) is 18.4 Å². The van der Waals surface area contributed by atoms with Crippen molar-refractivity contribution in [1.29, 1.82) is 5.26 Å². The third-order valence-corrected chi connectivity index (χ3v) is 11.4. The number of nitrogens with zero attached hydrogens (tertiary/aromatic N) is 4. The van der Waals surface area contributed by atoms with Crippen molar-refractivity contribution < 1.29 is 14.3 Å². The van der Waals surface area contributed by atoms with Gasteiger partial charge in [0.1, 0.15) is 29.2 Å². The number of nitrogens with one attached hydrogen (secondary N) is 1. The average Bonchev–Trinajstić information content (AvgIpc) is 3.69. The molecule has 0 unspecified atom stereocenters. The maximum absolute atomic E-state index is 13.4. The number of thiophene rings is 1. The van der Waals surface area contributed by atoms with Gasteiger partial charge in [-0.05, 0) is 59.9 Å². The largest absolute Gasteiger partial charge is 0.495 e. The molecular formula is C38H39N5O3S2. The summed E-state index contributed by atoms with van der Waals surface area (Å²) < 4.78 is 13.9. The monoisotopic (exact) mass is 677 g/mol. The molecule has 0 saturated carbocycles. The van der Waals surface area contributed by atoms with Gasteiger partial charge in [-0.1, -0.05) is 99.6 Å². The van der Waals surface area contributed by atoms with Crippen LogP contribution in [0.5, 0.6) is 11.5 Å². The molecule has 0 saturated heterocycles. The van der Waals surface area contributed by atoms with Gasteiger partial charge in [0.15, 0.2) is 11.0 Å². The Labute approximate surface area is 290 Å². The first-order chi connectivity index (χ1) is 23.3. The molecule has 1 aliphatic carbocycles. The molecule has 10 heteroatoms. The molecule has 0 spiro atoms. The number of nitriles is 1. The minimum Gasteiger partial charge on any atom is -0.495 e. The number of ether oxygens (including phenoxy) is 2. The van der Waals surface area contributed by atoms with E-state index in [0.29, 0.717) is 33.2 Å². The van der Waals surface area contributed by atoms with Crippen LogP contribution in [0.2, 0.25) is 0 Å². The first kappa shape index (κ1) is 33.3. The Morgan fingerprint density at radius 1 is 1.06 bits per heavy atom. The van der Waals surface area contributed by atoms with E-state index in [0.717, 1.165) is 53.8 Å². The molecule has 246 valence electrons. The van der Waals surface area contributed by atoms with Crippen LogP contribution in [0, 0.1) is 22.7 Å². The summed E-state index contributed by atoms with van der Waals surface area (Å²) in [7, 11) is 1.62. The van der Waals surface area contributed by atoms with Crippen molar-refractivity contribution in [3.8, 4) is 34.4 Å². The van der Waals surface area contributed by atoms with Gasteiger partial charge >= 0.3 is 0 Å². The van der Waals surface area contributed by atoms with Crippen molar-refractivity contribution in [2.24, 2.45) is 11.3 Å². The van der Waals surface area contributed by atoms with Gasteiger partial charge in [-0.2, -0.15) is 5.26 Å². The number of rotatable bonds is 12. The second-order valence-electron chi connectivity index (χ2n) is 12.5. The highest BCUT2D eigenvalue weighted by molar-refractivity contribution is 7.99. The van der Waals surface area contributed by atoms with E-state index in [4.69, 9.17) is 9.47 Å². The zero-order chi connectivity index (χ0) is 33.7. The highest BCUT2D eigenvalue weighted by atomic mass is 32.2. The predicted molar refractivity (Wildman–Crippen MR) is 192 cm³/mol. The van der Waals surface area contributed by atoms with E-state index < -0.39 is 0 Å². The predicted octanol–water partition coefficient (Wildman–Crippen LogP) is 8.73. The van der Waals surface area contributed by atoms with Gasteiger partial charge in [0.05, 0.1) is 24.1 Å². The third kappa shape index (κ3) is 6.98. The van der Waals surface area contributed by atoms with Crippen LogP contribution in [0.3, 0.4) is 0 Å². The molecule has 8 nitrogen and oxygen atoms in total. The number of thioether (sulfide) groups is 1. The molecule has 0 aliphatic heterocycles. The van der Waals surface area contributed by atoms with Crippen LogP contribution < -0.4 is 14.8 Å². The summed E-state index contributed by atoms with van der Waals surface area (Å²) in [5.74, 6) is 2.37. The van der Waals surface area contributed by atoms with Gasteiger partial charge in [-0.25, -0.2) is 0 Å². The minimum atomic E-state index is -0.204. The Hall–Kier alpha value is -4.59. The Morgan fingerprint density at radius 2 is 1.79 bits per heavy atom. The fraction of sp³-hybridized carbons (Fsp3) is 0.316. The van der Waals surface area contributed by atoms with Crippen molar-refractivity contribution >= 4 is 34.0 Å². The van der Waals surface area contributed by atoms with Crippen molar-refractivity contribution in [3.05, 3.63) is 101 Å². The maximum Gasteiger partial charge on any atom is 0.235 e. The summed E-state index contributed by atoms with van der Waals surface area (Å²) in [4.78, 5) is 14.6. The van der Waals surface area contributed by atoms with Gasteiger partial charge in [0.25, 0.3) is 0 Å². The molecule has 1 atom stereocenters. The Kier molecular flexibility index (Phi) is 10.2. The Balaban J connectivity index is 1.21. The lowest BCUT2D eigenvalue weighted by Crippen LogP contribution is -2.28. The number of amides is 1. The topological polar surface area (TPSA) is 102 Å². The lowest BCUT2D eigenvalue weighted by atomic mass is 9.69. The molecule has 0 bridgehead atoms. The number of carbonyl (C=O) groups is 1. The summed E-state index contributed by atoms with van der Waals surface area (Å²) in [6.45, 7) is 7.03. The maximum atomic E-state index is 13.4. The lowest BCUT2D eigenvalue weighted by Gasteiger charge is -2.36. The second-order valence-corrected chi connectivity index (χ2v) is 14.5. The summed E-state index contributed by atoms with van der Waals surface area (Å²) in [6, 6.07) is 28.0. The highest BCUT2D eigenvalue weighted by Gasteiger charge is 2.34. The van der Waals surface area contributed by atoms with Gasteiger partial charge in [0.2, 0.25) is 5.91 Å². The molecule has 1 amide bonds. The van der Waals surface area contributed by atoms with Gasteiger partial charge in [-0.15, -0.1) is 21.5 Å². The summed E-state index contributed by atoms with van der Waals surface area (Å²) in [5.41, 5.74) is 4.71. The fourth-order valence-corrected chi connectivity index (χ4v) is 8.23. The lowest BCUT2D eigenvalue weighted by molar-refractivity contribution is -0.113. The molecule has 0 radical (unpaired) electrons. The first-order valence-electron chi connectivity index (χ1n) is 16.1. The van der Waals surface area contributed by atoms with Crippen LogP contribution in [-0.2, 0) is 24.2 Å². The quantitative estimate of drug-likeness (QED) is 0.132. The number of fused-ring (bicyclic) bond motifs is 1. The molecule has 3 aromatic carbocycles. The number of anilines is 1. The number of carbonyl (C=O) groups excluding carboxylic acids is 1. The van der Waals surface area contributed by atoms with Crippen LogP contribution in [0.15, 0.2) is 84.0 Å². The van der Waals surface area contributed by atoms with E-state index in [2.05, 4.69) is 42.4 Å². The smallest absolute Gasteiger partial charge is 0.235 e. The van der Waals surface area contributed by atoms with Gasteiger partial charge in [-0.3, -0.25) is 9.36 Å². The zero-order valence-electron chi connectivity index (χ0n) is 27.7. The van der Waals surface area contributed by atoms with Crippen LogP contribution in [0.25, 0.3) is 16.8 Å². The van der Waals surface area contributed by atoms with Crippen molar-refractivity contribution in [2.75, 3.05) is 18.2 Å². The number of aromatic nitrogens is 3. The zero-order valence-corrected chi connectivity index (χ0v) is 29.3. The number of para-hydroxylation sites is 3. The normalized spacial score (nSPS) is 14.2. The Bertz CT molecular complexity index is 1940. The van der Waals surface area contributed by atoms with Gasteiger partial charge in [0, 0.05) is 10.4 Å². The molecule has 1 aliphatic rings. The van der Waals surface area contributed by atoms with E-state index in [9.17, 15) is 10.1 Å². The van der Waals surface area contributed by atoms with Crippen LogP contribution in [0.4, 0.5) is 5.00 Å². The number of methoxy groups -OCH3 is 1. The van der Waals surface area contributed by atoms with Crippen molar-refractivity contribution in [3.63, 3.8) is 0 Å². The fourth-order valence-electron chi connectivity index (χ4n) is 6.18. The van der Waals surface area contributed by atoms with Crippen molar-refractivity contribution in [1.82, 2.24) is 14.8 Å².